The number of aromatic amines is 1. The Balaban J connectivity index is 1.74. The lowest BCUT2D eigenvalue weighted by Gasteiger charge is -2.48. The maximum Gasteiger partial charge on any atom is 0.255 e. The summed E-state index contributed by atoms with van der Waals surface area (Å²) in [5.74, 6) is 0.754. The lowest BCUT2D eigenvalue weighted by Crippen LogP contribution is -2.56. The van der Waals surface area contributed by atoms with Crippen LogP contribution in [0.15, 0.2) is 11.0 Å². The SMILES string of the molecule is CCc1cnc(N2CC3(CCCC3)C2)[nH]c1=O. The van der Waals surface area contributed by atoms with E-state index in [-0.39, 0.29) is 5.56 Å². The van der Waals surface area contributed by atoms with E-state index >= 15 is 0 Å². The Bertz CT molecular complexity index is 466. The van der Waals surface area contributed by atoms with E-state index < -0.39 is 0 Å². The van der Waals surface area contributed by atoms with Gasteiger partial charge in [0.25, 0.3) is 5.56 Å². The van der Waals surface area contributed by atoms with Crippen LogP contribution in [-0.4, -0.2) is 23.1 Å². The average molecular weight is 233 g/mol. The monoisotopic (exact) mass is 233 g/mol. The molecule has 0 unspecified atom stereocenters. The predicted molar refractivity (Wildman–Crippen MR) is 67.3 cm³/mol. The molecule has 17 heavy (non-hydrogen) atoms. The third-order valence-electron chi connectivity index (χ3n) is 4.26. The second-order valence-corrected chi connectivity index (χ2v) is 5.48. The zero-order chi connectivity index (χ0) is 11.9. The van der Waals surface area contributed by atoms with Gasteiger partial charge in [0.2, 0.25) is 5.95 Å². The van der Waals surface area contributed by atoms with E-state index in [4.69, 9.17) is 0 Å². The fourth-order valence-electron chi connectivity index (χ4n) is 3.18. The lowest BCUT2D eigenvalue weighted by molar-refractivity contribution is 0.218. The smallest absolute Gasteiger partial charge is 0.255 e. The van der Waals surface area contributed by atoms with E-state index in [1.54, 1.807) is 6.20 Å². The highest BCUT2D eigenvalue weighted by Crippen LogP contribution is 2.45. The van der Waals surface area contributed by atoms with Gasteiger partial charge in [0.05, 0.1) is 0 Å². The summed E-state index contributed by atoms with van der Waals surface area (Å²) < 4.78 is 0. The van der Waals surface area contributed by atoms with Gasteiger partial charge in [0, 0.05) is 30.3 Å². The van der Waals surface area contributed by atoms with Gasteiger partial charge in [-0.05, 0) is 19.3 Å². The predicted octanol–water partition coefficient (Wildman–Crippen LogP) is 1.71. The van der Waals surface area contributed by atoms with Crippen molar-refractivity contribution in [3.8, 4) is 0 Å². The molecule has 1 aliphatic carbocycles. The van der Waals surface area contributed by atoms with Gasteiger partial charge in [-0.3, -0.25) is 9.78 Å². The fraction of sp³-hybridized carbons (Fsp3) is 0.692. The molecule has 1 saturated heterocycles. The molecule has 2 fully saturated rings. The first-order valence-corrected chi connectivity index (χ1v) is 6.56. The number of hydrogen-bond acceptors (Lipinski definition) is 3. The summed E-state index contributed by atoms with van der Waals surface area (Å²) in [5.41, 5.74) is 1.33. The number of hydrogen-bond donors (Lipinski definition) is 1. The van der Waals surface area contributed by atoms with Gasteiger partial charge in [-0.25, -0.2) is 4.98 Å². The minimum atomic E-state index is 0.0184. The lowest BCUT2D eigenvalue weighted by atomic mass is 9.78. The van der Waals surface area contributed by atoms with Crippen LogP contribution in [0, 0.1) is 5.41 Å². The van der Waals surface area contributed by atoms with Crippen molar-refractivity contribution in [3.05, 3.63) is 22.1 Å². The molecular formula is C13H19N3O. The third-order valence-corrected chi connectivity index (χ3v) is 4.26. The van der Waals surface area contributed by atoms with E-state index in [1.165, 1.54) is 25.7 Å². The molecule has 0 aromatic carbocycles. The second kappa shape index (κ2) is 3.86. The van der Waals surface area contributed by atoms with Gasteiger partial charge in [-0.1, -0.05) is 19.8 Å². The number of aryl methyl sites for hydroxylation is 1. The molecule has 4 heteroatoms. The zero-order valence-electron chi connectivity index (χ0n) is 10.3. The van der Waals surface area contributed by atoms with Crippen LogP contribution in [0.1, 0.15) is 38.2 Å². The summed E-state index contributed by atoms with van der Waals surface area (Å²) in [5, 5.41) is 0. The summed E-state index contributed by atoms with van der Waals surface area (Å²) >= 11 is 0. The minimum absolute atomic E-state index is 0.0184. The Morgan fingerprint density at radius 3 is 2.71 bits per heavy atom. The maximum atomic E-state index is 11.7. The fourth-order valence-corrected chi connectivity index (χ4v) is 3.18. The summed E-state index contributed by atoms with van der Waals surface area (Å²) in [6.07, 6.45) is 7.89. The van der Waals surface area contributed by atoms with Gasteiger partial charge in [0.1, 0.15) is 0 Å². The molecule has 1 N–H and O–H groups in total. The Morgan fingerprint density at radius 1 is 1.41 bits per heavy atom. The van der Waals surface area contributed by atoms with Crippen molar-refractivity contribution >= 4 is 5.95 Å². The van der Waals surface area contributed by atoms with Crippen molar-refractivity contribution < 1.29 is 0 Å². The number of H-pyrrole nitrogens is 1. The molecule has 2 heterocycles. The average Bonchev–Trinajstić information content (AvgIpc) is 2.76. The Morgan fingerprint density at radius 2 is 2.12 bits per heavy atom. The Labute approximate surface area is 101 Å². The van der Waals surface area contributed by atoms with Crippen molar-refractivity contribution in [2.45, 2.75) is 39.0 Å². The van der Waals surface area contributed by atoms with Crippen LogP contribution >= 0.6 is 0 Å². The molecule has 4 nitrogen and oxygen atoms in total. The molecule has 1 spiro atoms. The van der Waals surface area contributed by atoms with E-state index in [2.05, 4.69) is 14.9 Å². The van der Waals surface area contributed by atoms with Gasteiger partial charge >= 0.3 is 0 Å². The van der Waals surface area contributed by atoms with Gasteiger partial charge in [-0.15, -0.1) is 0 Å². The molecule has 0 bridgehead atoms. The first-order chi connectivity index (χ1) is 8.22. The van der Waals surface area contributed by atoms with E-state index in [0.29, 0.717) is 5.41 Å². The molecule has 1 aromatic heterocycles. The highest BCUT2D eigenvalue weighted by Gasteiger charge is 2.45. The molecule has 3 rings (SSSR count). The highest BCUT2D eigenvalue weighted by molar-refractivity contribution is 5.36. The standard InChI is InChI=1S/C13H19N3O/c1-2-10-7-14-12(15-11(10)17)16-8-13(9-16)5-3-4-6-13/h7H,2-6,8-9H2,1H3,(H,14,15,17). The van der Waals surface area contributed by atoms with Crippen molar-refractivity contribution in [1.82, 2.24) is 9.97 Å². The van der Waals surface area contributed by atoms with Crippen LogP contribution in [0.5, 0.6) is 0 Å². The van der Waals surface area contributed by atoms with Gasteiger partial charge < -0.3 is 4.90 Å². The van der Waals surface area contributed by atoms with Crippen LogP contribution in [0.2, 0.25) is 0 Å². The number of anilines is 1. The number of aromatic nitrogens is 2. The summed E-state index contributed by atoms with van der Waals surface area (Å²) in [6.45, 7) is 4.12. The first kappa shape index (κ1) is 10.8. The molecule has 1 aromatic rings. The molecule has 1 saturated carbocycles. The maximum absolute atomic E-state index is 11.7. The van der Waals surface area contributed by atoms with Crippen LogP contribution < -0.4 is 10.5 Å². The number of rotatable bonds is 2. The number of nitrogens with one attached hydrogen (secondary N) is 1. The molecule has 0 amide bonds. The summed E-state index contributed by atoms with van der Waals surface area (Å²) in [4.78, 5) is 21.2. The Hall–Kier alpha value is -1.32. The second-order valence-electron chi connectivity index (χ2n) is 5.48. The van der Waals surface area contributed by atoms with E-state index in [1.807, 2.05) is 6.92 Å². The van der Waals surface area contributed by atoms with Crippen molar-refractivity contribution in [2.24, 2.45) is 5.41 Å². The van der Waals surface area contributed by atoms with E-state index in [0.717, 1.165) is 31.0 Å². The molecular weight excluding hydrogens is 214 g/mol. The van der Waals surface area contributed by atoms with Crippen molar-refractivity contribution in [1.29, 1.82) is 0 Å². The molecule has 0 radical (unpaired) electrons. The third kappa shape index (κ3) is 1.75. The molecule has 1 aliphatic heterocycles. The van der Waals surface area contributed by atoms with Crippen LogP contribution in [0.25, 0.3) is 0 Å². The Kier molecular flexibility index (Phi) is 2.45. The van der Waals surface area contributed by atoms with Crippen LogP contribution in [0.4, 0.5) is 5.95 Å². The van der Waals surface area contributed by atoms with Crippen LogP contribution in [0.3, 0.4) is 0 Å². The van der Waals surface area contributed by atoms with Crippen molar-refractivity contribution in [2.75, 3.05) is 18.0 Å². The molecule has 0 atom stereocenters. The van der Waals surface area contributed by atoms with Gasteiger partial charge in [-0.2, -0.15) is 0 Å². The van der Waals surface area contributed by atoms with Crippen LogP contribution in [-0.2, 0) is 6.42 Å². The quantitative estimate of drug-likeness (QED) is 0.846. The molecule has 92 valence electrons. The topological polar surface area (TPSA) is 49.0 Å². The summed E-state index contributed by atoms with van der Waals surface area (Å²) in [7, 11) is 0. The van der Waals surface area contributed by atoms with Gasteiger partial charge in [0.15, 0.2) is 0 Å². The van der Waals surface area contributed by atoms with E-state index in [9.17, 15) is 4.79 Å². The molecule has 2 aliphatic rings. The summed E-state index contributed by atoms with van der Waals surface area (Å²) in [6, 6.07) is 0. The normalized spacial score (nSPS) is 21.8. The largest absolute Gasteiger partial charge is 0.341 e. The first-order valence-electron chi connectivity index (χ1n) is 6.56. The zero-order valence-corrected chi connectivity index (χ0v) is 10.3. The minimum Gasteiger partial charge on any atom is -0.341 e. The number of nitrogens with zero attached hydrogens (tertiary/aromatic N) is 2. The highest BCUT2D eigenvalue weighted by atomic mass is 16.1. The van der Waals surface area contributed by atoms with Crippen molar-refractivity contribution in [3.63, 3.8) is 0 Å².